The van der Waals surface area contributed by atoms with Gasteiger partial charge in [-0.25, -0.2) is 8.78 Å². The van der Waals surface area contributed by atoms with Gasteiger partial charge < -0.3 is 0 Å². The lowest BCUT2D eigenvalue weighted by Crippen LogP contribution is -2.41. The first-order chi connectivity index (χ1) is 5.36. The van der Waals surface area contributed by atoms with E-state index >= 15 is 0 Å². The van der Waals surface area contributed by atoms with Crippen LogP contribution >= 0.6 is 0 Å². The Morgan fingerprint density at radius 3 is 1.58 bits per heavy atom. The van der Waals surface area contributed by atoms with E-state index in [1.807, 2.05) is 32.6 Å². The number of halogens is 2. The van der Waals surface area contributed by atoms with Crippen molar-refractivity contribution in [2.24, 2.45) is 0 Å². The fraction of sp³-hybridized carbons (Fsp3) is 1.00. The highest BCUT2D eigenvalue weighted by molar-refractivity contribution is 5.04. The van der Waals surface area contributed by atoms with Crippen molar-refractivity contribution in [1.29, 1.82) is 0 Å². The van der Waals surface area contributed by atoms with Gasteiger partial charge in [0.2, 0.25) is 0 Å². The summed E-state index contributed by atoms with van der Waals surface area (Å²) in [5, 5.41) is 0. The molecule has 1 rings (SSSR count). The van der Waals surface area contributed by atoms with E-state index in [2.05, 4.69) is 0 Å². The van der Waals surface area contributed by atoms with Crippen LogP contribution in [-0.4, -0.2) is 28.9 Å². The Balaban J connectivity index is 2.58. The van der Waals surface area contributed by atoms with Crippen LogP contribution < -0.4 is 0 Å². The molecular weight excluding hydrogens is 160 g/mol. The van der Waals surface area contributed by atoms with E-state index in [9.17, 15) is 8.78 Å². The quantitative estimate of drug-likeness (QED) is 0.640. The van der Waals surface area contributed by atoms with Crippen molar-refractivity contribution in [2.45, 2.75) is 58.2 Å². The van der Waals surface area contributed by atoms with Crippen molar-refractivity contribution in [2.75, 3.05) is 0 Å². The van der Waals surface area contributed by atoms with Gasteiger partial charge in [-0.05, 0) is 27.7 Å². The van der Waals surface area contributed by atoms with Crippen LogP contribution in [0.5, 0.6) is 0 Å². The molecule has 1 aliphatic rings. The standard InChI is InChI=1S/C9H17F2N/c1-6(2)12(7(3)4)8-5-9(8,10)11/h6-8H,5H2,1-4H3/t8-/m1/s1. The second-order valence-electron chi connectivity index (χ2n) is 4.12. The molecule has 0 aliphatic heterocycles. The predicted octanol–water partition coefficient (Wildman–Crippen LogP) is 2.51. The lowest BCUT2D eigenvalue weighted by atomic mass is 10.2. The lowest BCUT2D eigenvalue weighted by Gasteiger charge is -2.30. The maximum Gasteiger partial charge on any atom is 0.265 e. The van der Waals surface area contributed by atoms with Crippen LogP contribution in [0.2, 0.25) is 0 Å². The Bertz CT molecular complexity index is 158. The molecule has 1 saturated carbocycles. The average Bonchev–Trinajstić information content (AvgIpc) is 2.37. The van der Waals surface area contributed by atoms with Gasteiger partial charge >= 0.3 is 0 Å². The van der Waals surface area contributed by atoms with E-state index in [1.165, 1.54) is 0 Å². The number of alkyl halides is 2. The predicted molar refractivity (Wildman–Crippen MR) is 45.5 cm³/mol. The molecule has 0 radical (unpaired) electrons. The smallest absolute Gasteiger partial charge is 0.265 e. The third-order valence-electron chi connectivity index (χ3n) is 2.35. The Morgan fingerprint density at radius 1 is 1.17 bits per heavy atom. The summed E-state index contributed by atoms with van der Waals surface area (Å²) < 4.78 is 25.5. The molecular formula is C9H17F2N. The van der Waals surface area contributed by atoms with Crippen LogP contribution in [0.4, 0.5) is 8.78 Å². The van der Waals surface area contributed by atoms with Gasteiger partial charge in [-0.3, -0.25) is 4.90 Å². The molecule has 72 valence electrons. The van der Waals surface area contributed by atoms with Crippen molar-refractivity contribution >= 4 is 0 Å². The van der Waals surface area contributed by atoms with Gasteiger partial charge in [-0.15, -0.1) is 0 Å². The van der Waals surface area contributed by atoms with E-state index in [4.69, 9.17) is 0 Å². The number of nitrogens with zero attached hydrogens (tertiary/aromatic N) is 1. The molecule has 1 atom stereocenters. The fourth-order valence-corrected chi connectivity index (χ4v) is 1.84. The van der Waals surface area contributed by atoms with E-state index in [0.717, 1.165) is 0 Å². The summed E-state index contributed by atoms with van der Waals surface area (Å²) >= 11 is 0. The summed E-state index contributed by atoms with van der Waals surface area (Å²) in [5.74, 6) is -2.42. The molecule has 0 aromatic carbocycles. The van der Waals surface area contributed by atoms with Crippen LogP contribution in [-0.2, 0) is 0 Å². The van der Waals surface area contributed by atoms with Gasteiger partial charge in [0.1, 0.15) is 0 Å². The molecule has 3 heteroatoms. The van der Waals surface area contributed by atoms with Crippen LogP contribution in [0.15, 0.2) is 0 Å². The maximum atomic E-state index is 12.7. The molecule has 0 unspecified atom stereocenters. The molecule has 1 aliphatic carbocycles. The summed E-state index contributed by atoms with van der Waals surface area (Å²) in [6.07, 6.45) is 0.0450. The van der Waals surface area contributed by atoms with Crippen LogP contribution in [0.1, 0.15) is 34.1 Å². The summed E-state index contributed by atoms with van der Waals surface area (Å²) in [6.45, 7) is 7.87. The third-order valence-corrected chi connectivity index (χ3v) is 2.35. The first-order valence-corrected chi connectivity index (χ1v) is 4.51. The minimum Gasteiger partial charge on any atom is -0.290 e. The molecule has 12 heavy (non-hydrogen) atoms. The Hall–Kier alpha value is -0.180. The zero-order valence-electron chi connectivity index (χ0n) is 8.14. The van der Waals surface area contributed by atoms with E-state index in [1.54, 1.807) is 0 Å². The first-order valence-electron chi connectivity index (χ1n) is 4.51. The molecule has 0 saturated heterocycles. The molecule has 0 heterocycles. The molecule has 0 bridgehead atoms. The van der Waals surface area contributed by atoms with Gasteiger partial charge in [-0.2, -0.15) is 0 Å². The zero-order chi connectivity index (χ0) is 9.52. The van der Waals surface area contributed by atoms with E-state index in [-0.39, 0.29) is 18.5 Å². The molecule has 1 nitrogen and oxygen atoms in total. The molecule has 0 spiro atoms. The average molecular weight is 177 g/mol. The normalized spacial score (nSPS) is 27.2. The summed E-state index contributed by atoms with van der Waals surface area (Å²) in [5.41, 5.74) is 0. The highest BCUT2D eigenvalue weighted by atomic mass is 19.3. The topological polar surface area (TPSA) is 3.24 Å². The van der Waals surface area contributed by atoms with E-state index < -0.39 is 12.0 Å². The largest absolute Gasteiger partial charge is 0.290 e. The zero-order valence-corrected chi connectivity index (χ0v) is 8.14. The van der Waals surface area contributed by atoms with Gasteiger partial charge in [0.15, 0.2) is 0 Å². The first kappa shape index (κ1) is 9.90. The molecule has 0 aromatic heterocycles. The lowest BCUT2D eigenvalue weighted by molar-refractivity contribution is 0.0477. The summed E-state index contributed by atoms with van der Waals surface area (Å²) in [7, 11) is 0. The fourth-order valence-electron chi connectivity index (χ4n) is 1.84. The molecule has 1 fully saturated rings. The third kappa shape index (κ3) is 1.76. The number of hydrogen-bond donors (Lipinski definition) is 0. The van der Waals surface area contributed by atoms with Gasteiger partial charge in [0.05, 0.1) is 6.04 Å². The minimum absolute atomic E-state index is 0.0450. The minimum atomic E-state index is -2.42. The Kier molecular flexibility index (Phi) is 2.43. The summed E-state index contributed by atoms with van der Waals surface area (Å²) in [4.78, 5) is 1.89. The van der Waals surface area contributed by atoms with Crippen LogP contribution in [0.25, 0.3) is 0 Å². The van der Waals surface area contributed by atoms with Crippen molar-refractivity contribution in [1.82, 2.24) is 4.90 Å². The number of hydrogen-bond acceptors (Lipinski definition) is 1. The van der Waals surface area contributed by atoms with Crippen molar-refractivity contribution in [3.05, 3.63) is 0 Å². The van der Waals surface area contributed by atoms with Crippen molar-refractivity contribution in [3.63, 3.8) is 0 Å². The summed E-state index contributed by atoms with van der Waals surface area (Å²) in [6, 6.07) is -0.0794. The maximum absolute atomic E-state index is 12.7. The van der Waals surface area contributed by atoms with Crippen LogP contribution in [0.3, 0.4) is 0 Å². The SMILES string of the molecule is CC(C)N(C(C)C)[C@@H]1CC1(F)F. The molecule has 0 N–H and O–H groups in total. The monoisotopic (exact) mass is 177 g/mol. The second-order valence-corrected chi connectivity index (χ2v) is 4.12. The highest BCUT2D eigenvalue weighted by Crippen LogP contribution is 2.47. The van der Waals surface area contributed by atoms with Crippen LogP contribution in [0, 0.1) is 0 Å². The highest BCUT2D eigenvalue weighted by Gasteiger charge is 2.60. The Labute approximate surface area is 72.7 Å². The van der Waals surface area contributed by atoms with Gasteiger partial charge in [-0.1, -0.05) is 0 Å². The Morgan fingerprint density at radius 2 is 1.50 bits per heavy atom. The van der Waals surface area contributed by atoms with Gasteiger partial charge in [0.25, 0.3) is 5.92 Å². The molecule has 0 aromatic rings. The molecule has 0 amide bonds. The van der Waals surface area contributed by atoms with Crippen molar-refractivity contribution < 1.29 is 8.78 Å². The van der Waals surface area contributed by atoms with E-state index in [0.29, 0.717) is 0 Å². The van der Waals surface area contributed by atoms with Gasteiger partial charge in [0, 0.05) is 18.5 Å². The number of rotatable bonds is 3. The second kappa shape index (κ2) is 2.95. The van der Waals surface area contributed by atoms with Crippen molar-refractivity contribution in [3.8, 4) is 0 Å².